The summed E-state index contributed by atoms with van der Waals surface area (Å²) in [7, 11) is 0. The molecular weight excluding hydrogens is 322 g/mol. The van der Waals surface area contributed by atoms with Crippen molar-refractivity contribution in [2.24, 2.45) is 0 Å². The molecule has 0 unspecified atom stereocenters. The number of nitrogens with one attached hydrogen (secondary N) is 1. The molecule has 0 aliphatic carbocycles. The quantitative estimate of drug-likeness (QED) is 0.209. The lowest BCUT2D eigenvalue weighted by molar-refractivity contribution is 0.0907. The molecule has 0 aliphatic heterocycles. The first kappa shape index (κ1) is 25.9. The van der Waals surface area contributed by atoms with E-state index >= 15 is 0 Å². The summed E-state index contributed by atoms with van der Waals surface area (Å²) >= 11 is 0. The van der Waals surface area contributed by atoms with Gasteiger partial charge >= 0.3 is 0 Å². The van der Waals surface area contributed by atoms with Crippen LogP contribution in [-0.4, -0.2) is 38.0 Å². The molecule has 0 fully saturated rings. The van der Waals surface area contributed by atoms with E-state index in [0.717, 1.165) is 26.1 Å². The third-order valence-corrected chi connectivity index (χ3v) is 5.08. The Balaban J connectivity index is 2.95. The summed E-state index contributed by atoms with van der Waals surface area (Å²) in [5.41, 5.74) is 0. The molecule has 0 aromatic rings. The van der Waals surface area contributed by atoms with Crippen LogP contribution in [0.5, 0.6) is 0 Å². The normalized spacial score (nSPS) is 11.3. The van der Waals surface area contributed by atoms with Crippen LogP contribution in [0.3, 0.4) is 0 Å². The molecule has 2 N–H and O–H groups in total. The van der Waals surface area contributed by atoms with Crippen molar-refractivity contribution in [1.29, 1.82) is 0 Å². The Morgan fingerprint density at radius 1 is 0.538 bits per heavy atom. The molecule has 0 rings (SSSR count). The SMILES string of the molecule is CCCCCCCCCCCCCCCCCCNCCCOCCO. The Morgan fingerprint density at radius 2 is 0.962 bits per heavy atom. The minimum Gasteiger partial charge on any atom is -0.394 e. The van der Waals surface area contributed by atoms with Gasteiger partial charge in [0.25, 0.3) is 0 Å². The van der Waals surface area contributed by atoms with Crippen molar-refractivity contribution in [2.75, 3.05) is 32.9 Å². The first-order valence-corrected chi connectivity index (χ1v) is 11.8. The second-order valence-electron chi connectivity index (χ2n) is 7.74. The van der Waals surface area contributed by atoms with Gasteiger partial charge in [0, 0.05) is 6.61 Å². The first-order chi connectivity index (χ1) is 12.9. The highest BCUT2D eigenvalue weighted by Gasteiger charge is 1.95. The second kappa shape index (κ2) is 24.9. The molecule has 0 atom stereocenters. The van der Waals surface area contributed by atoms with Crippen molar-refractivity contribution in [3.05, 3.63) is 0 Å². The van der Waals surface area contributed by atoms with Crippen molar-refractivity contribution >= 4 is 0 Å². The highest BCUT2D eigenvalue weighted by molar-refractivity contribution is 4.52. The van der Waals surface area contributed by atoms with Crippen molar-refractivity contribution < 1.29 is 9.84 Å². The number of unbranched alkanes of at least 4 members (excludes halogenated alkanes) is 15. The summed E-state index contributed by atoms with van der Waals surface area (Å²) < 4.78 is 5.23. The molecule has 3 nitrogen and oxygen atoms in total. The largest absolute Gasteiger partial charge is 0.394 e. The number of ether oxygens (including phenoxy) is 1. The smallest absolute Gasteiger partial charge is 0.0697 e. The van der Waals surface area contributed by atoms with E-state index in [2.05, 4.69) is 12.2 Å². The van der Waals surface area contributed by atoms with Crippen LogP contribution in [0.1, 0.15) is 116 Å². The predicted molar refractivity (Wildman–Crippen MR) is 115 cm³/mol. The number of hydrogen-bond acceptors (Lipinski definition) is 3. The Bertz CT molecular complexity index is 212. The zero-order valence-electron chi connectivity index (χ0n) is 17.9. The maximum Gasteiger partial charge on any atom is 0.0697 e. The number of rotatable bonds is 23. The molecule has 0 amide bonds. The molecule has 0 aromatic carbocycles. The highest BCUT2D eigenvalue weighted by atomic mass is 16.5. The molecule has 3 heteroatoms. The fourth-order valence-corrected chi connectivity index (χ4v) is 3.39. The minimum absolute atomic E-state index is 0.132. The van der Waals surface area contributed by atoms with Gasteiger partial charge in [-0.05, 0) is 25.9 Å². The Hall–Kier alpha value is -0.120. The third kappa shape index (κ3) is 23.9. The van der Waals surface area contributed by atoms with Crippen molar-refractivity contribution in [3.8, 4) is 0 Å². The molecule has 0 radical (unpaired) electrons. The van der Waals surface area contributed by atoms with E-state index in [9.17, 15) is 0 Å². The maximum atomic E-state index is 8.59. The van der Waals surface area contributed by atoms with Crippen LogP contribution in [0.25, 0.3) is 0 Å². The summed E-state index contributed by atoms with van der Waals surface area (Å²) in [4.78, 5) is 0. The van der Waals surface area contributed by atoms with E-state index in [4.69, 9.17) is 9.84 Å². The third-order valence-electron chi connectivity index (χ3n) is 5.08. The Labute approximate surface area is 164 Å². The number of aliphatic hydroxyl groups excluding tert-OH is 1. The number of hydrogen-bond donors (Lipinski definition) is 2. The average Bonchev–Trinajstić information content (AvgIpc) is 2.66. The van der Waals surface area contributed by atoms with Crippen LogP contribution >= 0.6 is 0 Å². The van der Waals surface area contributed by atoms with Gasteiger partial charge in [0.1, 0.15) is 0 Å². The lowest BCUT2D eigenvalue weighted by Gasteiger charge is -2.06. The zero-order valence-corrected chi connectivity index (χ0v) is 17.9. The Morgan fingerprint density at radius 3 is 1.42 bits per heavy atom. The second-order valence-corrected chi connectivity index (χ2v) is 7.74. The summed E-state index contributed by atoms with van der Waals surface area (Å²) in [6, 6.07) is 0. The molecule has 0 heterocycles. The summed E-state index contributed by atoms with van der Waals surface area (Å²) in [5.74, 6) is 0. The lowest BCUT2D eigenvalue weighted by atomic mass is 10.0. The van der Waals surface area contributed by atoms with Gasteiger partial charge in [-0.25, -0.2) is 0 Å². The standard InChI is InChI=1S/C23H49NO2/c1-2-3-4-5-6-7-8-9-10-11-12-13-14-15-16-17-19-24-20-18-22-26-23-21-25/h24-25H,2-23H2,1H3. The van der Waals surface area contributed by atoms with Gasteiger partial charge in [-0.2, -0.15) is 0 Å². The summed E-state index contributed by atoms with van der Waals surface area (Å²) in [6.07, 6.45) is 23.9. The van der Waals surface area contributed by atoms with E-state index < -0.39 is 0 Å². The molecule has 0 saturated carbocycles. The molecule has 26 heavy (non-hydrogen) atoms. The van der Waals surface area contributed by atoms with Gasteiger partial charge in [0.05, 0.1) is 13.2 Å². The molecule has 0 spiro atoms. The van der Waals surface area contributed by atoms with Crippen LogP contribution < -0.4 is 5.32 Å². The van der Waals surface area contributed by atoms with Gasteiger partial charge in [-0.15, -0.1) is 0 Å². The fourth-order valence-electron chi connectivity index (χ4n) is 3.39. The van der Waals surface area contributed by atoms with Crippen LogP contribution in [0.2, 0.25) is 0 Å². The molecule has 0 saturated heterocycles. The van der Waals surface area contributed by atoms with Crippen molar-refractivity contribution in [2.45, 2.75) is 116 Å². The Kier molecular flexibility index (Phi) is 24.8. The van der Waals surface area contributed by atoms with E-state index in [1.165, 1.54) is 103 Å². The molecule has 0 bridgehead atoms. The van der Waals surface area contributed by atoms with Crippen LogP contribution in [0, 0.1) is 0 Å². The van der Waals surface area contributed by atoms with E-state index in [0.29, 0.717) is 6.61 Å². The van der Waals surface area contributed by atoms with Gasteiger partial charge < -0.3 is 15.2 Å². The van der Waals surface area contributed by atoms with Gasteiger partial charge in [-0.3, -0.25) is 0 Å². The molecule has 0 aromatic heterocycles. The van der Waals surface area contributed by atoms with Crippen LogP contribution in [0.4, 0.5) is 0 Å². The van der Waals surface area contributed by atoms with Crippen LogP contribution in [-0.2, 0) is 4.74 Å². The van der Waals surface area contributed by atoms with Gasteiger partial charge in [0.2, 0.25) is 0 Å². The number of aliphatic hydroxyl groups is 1. The summed E-state index contributed by atoms with van der Waals surface area (Å²) in [5, 5.41) is 12.1. The van der Waals surface area contributed by atoms with E-state index in [-0.39, 0.29) is 6.61 Å². The zero-order chi connectivity index (χ0) is 19.0. The lowest BCUT2D eigenvalue weighted by Crippen LogP contribution is -2.18. The average molecular weight is 372 g/mol. The topological polar surface area (TPSA) is 41.5 Å². The molecular formula is C23H49NO2. The monoisotopic (exact) mass is 371 g/mol. The predicted octanol–water partition coefficient (Wildman–Crippen LogP) is 6.24. The minimum atomic E-state index is 0.132. The van der Waals surface area contributed by atoms with Gasteiger partial charge in [-0.1, -0.05) is 103 Å². The van der Waals surface area contributed by atoms with E-state index in [1.807, 2.05) is 0 Å². The van der Waals surface area contributed by atoms with Crippen LogP contribution in [0.15, 0.2) is 0 Å². The first-order valence-electron chi connectivity index (χ1n) is 11.8. The maximum absolute atomic E-state index is 8.59. The fraction of sp³-hybridized carbons (Fsp3) is 1.00. The highest BCUT2D eigenvalue weighted by Crippen LogP contribution is 2.13. The van der Waals surface area contributed by atoms with Crippen molar-refractivity contribution in [1.82, 2.24) is 5.32 Å². The van der Waals surface area contributed by atoms with Crippen molar-refractivity contribution in [3.63, 3.8) is 0 Å². The summed E-state index contributed by atoms with van der Waals surface area (Å²) in [6.45, 7) is 5.82. The molecule has 158 valence electrons. The molecule has 0 aliphatic rings. The van der Waals surface area contributed by atoms with E-state index in [1.54, 1.807) is 0 Å². The van der Waals surface area contributed by atoms with Gasteiger partial charge in [0.15, 0.2) is 0 Å².